The average molecular weight is 642 g/mol. The second kappa shape index (κ2) is 14.5. The van der Waals surface area contributed by atoms with Crippen molar-refractivity contribution in [3.05, 3.63) is 0 Å². The topological polar surface area (TPSA) is 83.5 Å². The fourth-order valence-electron chi connectivity index (χ4n) is 4.09. The summed E-state index contributed by atoms with van der Waals surface area (Å²) in [5, 5.41) is 13.8. The summed E-state index contributed by atoms with van der Waals surface area (Å²) >= 11 is 5.33. The Morgan fingerprint density at radius 2 is 2.00 bits per heavy atom. The van der Waals surface area contributed by atoms with Crippen molar-refractivity contribution in [2.45, 2.75) is 64.2 Å². The molecule has 31 heavy (non-hydrogen) atoms. The van der Waals surface area contributed by atoms with Crippen molar-refractivity contribution in [2.75, 3.05) is 58.8 Å². The van der Waals surface area contributed by atoms with Crippen LogP contribution in [0, 0.1) is 5.92 Å². The van der Waals surface area contributed by atoms with Crippen LogP contribution in [0.1, 0.15) is 40.5 Å². The van der Waals surface area contributed by atoms with E-state index in [4.69, 9.17) is 12.5 Å². The average Bonchev–Trinajstić information content (AvgIpc) is 2.73. The Morgan fingerprint density at radius 1 is 1.35 bits per heavy atom. The fraction of sp³-hybridized carbons (Fsp3) is 1.00. The summed E-state index contributed by atoms with van der Waals surface area (Å²) in [7, 11) is 0.570. The lowest BCUT2D eigenvalue weighted by Gasteiger charge is -2.50. The highest BCUT2D eigenvalue weighted by Gasteiger charge is 2.54. The number of aliphatic hydroxyl groups excluding tert-OH is 1. The molecule has 0 bridgehead atoms. The van der Waals surface area contributed by atoms with Crippen molar-refractivity contribution in [3.63, 3.8) is 0 Å². The summed E-state index contributed by atoms with van der Waals surface area (Å²) in [4.78, 5) is 0. The van der Waals surface area contributed by atoms with E-state index < -0.39 is 18.9 Å². The molecule has 0 aromatic carbocycles. The van der Waals surface area contributed by atoms with Crippen LogP contribution >= 0.6 is 46.4 Å². The predicted octanol–water partition coefficient (Wildman–Crippen LogP) is 3.71. The lowest BCUT2D eigenvalue weighted by Crippen LogP contribution is -2.53. The first kappa shape index (κ1) is 30.2. The van der Waals surface area contributed by atoms with E-state index >= 15 is 0 Å². The Bertz CT molecular complexity index is 559. The SMILES string of the molecule is CCC(CC)(OCC(O)CNCC(C)CBr)P(=O)(N(C)C)N1CC(C)OC(COI)C1. The molecule has 186 valence electrons. The molecule has 8 nitrogen and oxygen atoms in total. The van der Waals surface area contributed by atoms with E-state index in [1.165, 1.54) is 0 Å². The highest BCUT2D eigenvalue weighted by molar-refractivity contribution is 14.1. The Morgan fingerprint density at radius 3 is 2.52 bits per heavy atom. The fourth-order valence-corrected chi connectivity index (χ4v) is 8.39. The van der Waals surface area contributed by atoms with E-state index in [0.717, 1.165) is 11.9 Å². The van der Waals surface area contributed by atoms with Crippen molar-refractivity contribution in [1.82, 2.24) is 14.7 Å². The largest absolute Gasteiger partial charge is 0.389 e. The molecule has 1 rings (SSSR count). The molecule has 1 aliphatic rings. The summed E-state index contributed by atoms with van der Waals surface area (Å²) < 4.78 is 36.2. The molecule has 0 aromatic heterocycles. The lowest BCUT2D eigenvalue weighted by atomic mass is 10.2. The summed E-state index contributed by atoms with van der Waals surface area (Å²) in [6, 6.07) is 0. The van der Waals surface area contributed by atoms with Crippen LogP contribution in [-0.2, 0) is 17.1 Å². The van der Waals surface area contributed by atoms with Gasteiger partial charge in [0.15, 0.2) is 0 Å². The summed E-state index contributed by atoms with van der Waals surface area (Å²) in [6.07, 6.45) is 0.292. The van der Waals surface area contributed by atoms with Gasteiger partial charge in [0.2, 0.25) is 7.44 Å². The Balaban J connectivity index is 3.00. The molecule has 1 saturated heterocycles. The molecule has 1 fully saturated rings. The summed E-state index contributed by atoms with van der Waals surface area (Å²) in [5.74, 6) is 0.482. The van der Waals surface area contributed by atoms with Crippen LogP contribution in [-0.4, -0.2) is 96.9 Å². The molecule has 1 heterocycles. The number of hydrogen-bond acceptors (Lipinski definition) is 6. The van der Waals surface area contributed by atoms with Crippen molar-refractivity contribution in [1.29, 1.82) is 0 Å². The maximum atomic E-state index is 14.7. The number of alkyl halides is 1. The minimum atomic E-state index is -3.14. The van der Waals surface area contributed by atoms with Crippen LogP contribution in [0.5, 0.6) is 0 Å². The van der Waals surface area contributed by atoms with Gasteiger partial charge in [-0.1, -0.05) is 36.7 Å². The van der Waals surface area contributed by atoms with Crippen molar-refractivity contribution in [3.8, 4) is 0 Å². The van der Waals surface area contributed by atoms with Gasteiger partial charge in [-0.2, -0.15) is 0 Å². The van der Waals surface area contributed by atoms with Crippen LogP contribution < -0.4 is 5.32 Å². The molecule has 11 heteroatoms. The number of morpholine rings is 1. The second-order valence-corrected chi connectivity index (χ2v) is 13.2. The Labute approximate surface area is 211 Å². The molecule has 5 unspecified atom stereocenters. The molecule has 0 spiro atoms. The standard InChI is InChI=1S/C20H42BrIN3O5P/c1-7-20(8-2,28-14-18(26)11-23-10-16(3)9-21)31(27,24(5)6)25-12-17(4)30-19(13-25)15-29-22/h16-19,23,26H,7-15H2,1-6H3. The number of nitrogens with zero attached hydrogens (tertiary/aromatic N) is 2. The zero-order valence-corrected chi connectivity index (χ0v) is 24.5. The number of ether oxygens (including phenoxy) is 2. The van der Waals surface area contributed by atoms with Gasteiger partial charge in [-0.15, -0.1) is 0 Å². The third-order valence-electron chi connectivity index (χ3n) is 5.80. The summed E-state index contributed by atoms with van der Waals surface area (Å²) in [6.45, 7) is 11.1. The van der Waals surface area contributed by atoms with Gasteiger partial charge >= 0.3 is 0 Å². The number of halogens is 2. The van der Waals surface area contributed by atoms with Crippen LogP contribution in [0.4, 0.5) is 0 Å². The minimum Gasteiger partial charge on any atom is -0.389 e. The predicted molar refractivity (Wildman–Crippen MR) is 138 cm³/mol. The van der Waals surface area contributed by atoms with E-state index in [1.54, 1.807) is 0 Å². The number of hydrogen-bond donors (Lipinski definition) is 2. The molecule has 0 amide bonds. The number of aliphatic hydroxyl groups is 1. The first-order valence-corrected chi connectivity index (χ1v) is 14.7. The van der Waals surface area contributed by atoms with E-state index in [0.29, 0.717) is 45.0 Å². The highest BCUT2D eigenvalue weighted by Crippen LogP contribution is 2.66. The monoisotopic (exact) mass is 641 g/mol. The van der Waals surface area contributed by atoms with Gasteiger partial charge in [-0.05, 0) is 46.3 Å². The highest BCUT2D eigenvalue weighted by atomic mass is 127. The van der Waals surface area contributed by atoms with Gasteiger partial charge in [-0.25, -0.2) is 9.34 Å². The van der Waals surface area contributed by atoms with Gasteiger partial charge in [-0.3, -0.25) is 4.57 Å². The second-order valence-electron chi connectivity index (χ2n) is 8.64. The first-order valence-electron chi connectivity index (χ1n) is 11.1. The van der Waals surface area contributed by atoms with E-state index in [9.17, 15) is 9.67 Å². The van der Waals surface area contributed by atoms with Crippen LogP contribution in [0.2, 0.25) is 0 Å². The van der Waals surface area contributed by atoms with Gasteiger partial charge in [0.1, 0.15) is 28.3 Å². The zero-order chi connectivity index (χ0) is 23.7. The van der Waals surface area contributed by atoms with Crippen LogP contribution in [0.25, 0.3) is 0 Å². The zero-order valence-electron chi connectivity index (χ0n) is 19.9. The molecular formula is C20H42BrIN3O5P. The van der Waals surface area contributed by atoms with Crippen LogP contribution in [0.15, 0.2) is 0 Å². The molecule has 5 atom stereocenters. The minimum absolute atomic E-state index is 0.0591. The number of rotatable bonds is 15. The van der Waals surface area contributed by atoms with Gasteiger partial charge in [0.25, 0.3) is 0 Å². The first-order chi connectivity index (χ1) is 14.6. The van der Waals surface area contributed by atoms with Crippen molar-refractivity contribution >= 4 is 46.4 Å². The number of nitrogens with one attached hydrogen (secondary N) is 1. The van der Waals surface area contributed by atoms with Gasteiger partial charge in [0, 0.05) is 25.0 Å². The molecule has 0 aromatic rings. The lowest BCUT2D eigenvalue weighted by molar-refractivity contribution is -0.0775. The molecule has 0 saturated carbocycles. The molecule has 2 N–H and O–H groups in total. The molecule has 0 aliphatic carbocycles. The van der Waals surface area contributed by atoms with E-state index in [-0.39, 0.29) is 18.8 Å². The smallest absolute Gasteiger partial charge is 0.247 e. The van der Waals surface area contributed by atoms with E-state index in [2.05, 4.69) is 28.2 Å². The Hall–Kier alpha value is 1.16. The third kappa shape index (κ3) is 8.11. The maximum Gasteiger partial charge on any atom is 0.247 e. The molecular weight excluding hydrogens is 600 g/mol. The summed E-state index contributed by atoms with van der Waals surface area (Å²) in [5.41, 5.74) is 0. The van der Waals surface area contributed by atoms with Crippen LogP contribution in [0.3, 0.4) is 0 Å². The van der Waals surface area contributed by atoms with Crippen molar-refractivity contribution in [2.24, 2.45) is 5.92 Å². The van der Waals surface area contributed by atoms with Gasteiger partial charge < -0.3 is 23.0 Å². The quantitative estimate of drug-likeness (QED) is 0.159. The van der Waals surface area contributed by atoms with Crippen molar-refractivity contribution < 1.29 is 22.2 Å². The molecule has 0 radical (unpaired) electrons. The normalized spacial score (nSPS) is 24.8. The van der Waals surface area contributed by atoms with E-state index in [1.807, 2.05) is 67.2 Å². The third-order valence-corrected chi connectivity index (χ3v) is 11.3. The maximum absolute atomic E-state index is 14.7. The Kier molecular flexibility index (Phi) is 14.2. The molecule has 1 aliphatic heterocycles. The van der Waals surface area contributed by atoms with Gasteiger partial charge in [0.05, 0.1) is 31.5 Å².